The fraction of sp³-hybridized carbons (Fsp3) is 0.750. The van der Waals surface area contributed by atoms with Crippen molar-refractivity contribution in [3.05, 3.63) is 10.8 Å². The minimum Gasteiger partial charge on any atom is -0.325 e. The number of fused-ring (bicyclic) bond motifs is 1. The highest BCUT2D eigenvalue weighted by atomic mass is 32.1. The minimum absolute atomic E-state index is 0.202. The molecule has 5 nitrogen and oxygen atoms in total. The molecular weight excluding hydrogens is 246 g/mol. The Balaban J connectivity index is 2.55. The van der Waals surface area contributed by atoms with Gasteiger partial charge < -0.3 is 5.73 Å². The average molecular weight is 267 g/mol. The molecule has 0 fully saturated rings. The SMILES string of the molecule is CC(C)c1nnc2sc(C(C)(C)C(C)(C)N)nn12. The standard InChI is InChI=1S/C12H21N5S/c1-7(2)8-14-15-10-17(8)16-9(18-10)11(3,4)12(5,6)13/h7H,13H2,1-6H3. The maximum absolute atomic E-state index is 6.26. The van der Waals surface area contributed by atoms with Crippen molar-refractivity contribution in [3.8, 4) is 0 Å². The zero-order valence-corrected chi connectivity index (χ0v) is 12.7. The van der Waals surface area contributed by atoms with Crippen molar-refractivity contribution in [1.82, 2.24) is 19.8 Å². The van der Waals surface area contributed by atoms with Crippen LogP contribution in [0.1, 0.15) is 58.3 Å². The fourth-order valence-corrected chi connectivity index (χ4v) is 2.64. The predicted molar refractivity (Wildman–Crippen MR) is 74.0 cm³/mol. The highest BCUT2D eigenvalue weighted by Crippen LogP contribution is 2.35. The Bertz CT molecular complexity index is 559. The molecule has 0 radical (unpaired) electrons. The van der Waals surface area contributed by atoms with Crippen molar-refractivity contribution in [3.63, 3.8) is 0 Å². The first-order valence-electron chi connectivity index (χ1n) is 6.16. The number of aromatic nitrogens is 4. The van der Waals surface area contributed by atoms with E-state index in [0.29, 0.717) is 5.92 Å². The second kappa shape index (κ2) is 3.99. The van der Waals surface area contributed by atoms with Crippen LogP contribution in [0.3, 0.4) is 0 Å². The van der Waals surface area contributed by atoms with Crippen molar-refractivity contribution in [1.29, 1.82) is 0 Å². The molecule has 0 saturated carbocycles. The Morgan fingerprint density at radius 1 is 1.17 bits per heavy atom. The van der Waals surface area contributed by atoms with Gasteiger partial charge in [-0.2, -0.15) is 9.61 Å². The molecule has 100 valence electrons. The number of hydrogen-bond donors (Lipinski definition) is 1. The zero-order chi connectivity index (χ0) is 13.7. The maximum atomic E-state index is 6.26. The molecule has 0 aromatic carbocycles. The van der Waals surface area contributed by atoms with Gasteiger partial charge in [-0.05, 0) is 13.8 Å². The molecule has 2 aromatic heterocycles. The lowest BCUT2D eigenvalue weighted by Gasteiger charge is -2.36. The summed E-state index contributed by atoms with van der Waals surface area (Å²) in [6.45, 7) is 12.5. The van der Waals surface area contributed by atoms with E-state index >= 15 is 0 Å². The largest absolute Gasteiger partial charge is 0.325 e. The molecule has 0 aliphatic heterocycles. The lowest BCUT2D eigenvalue weighted by Crippen LogP contribution is -2.50. The average Bonchev–Trinajstić information content (AvgIpc) is 2.72. The van der Waals surface area contributed by atoms with E-state index in [-0.39, 0.29) is 11.0 Å². The molecule has 18 heavy (non-hydrogen) atoms. The lowest BCUT2D eigenvalue weighted by atomic mass is 9.76. The van der Waals surface area contributed by atoms with Gasteiger partial charge in [-0.15, -0.1) is 10.2 Å². The summed E-state index contributed by atoms with van der Waals surface area (Å²) in [5.41, 5.74) is 5.71. The van der Waals surface area contributed by atoms with Gasteiger partial charge in [0.2, 0.25) is 4.96 Å². The Labute approximate surface area is 111 Å². The zero-order valence-electron chi connectivity index (χ0n) is 11.9. The highest BCUT2D eigenvalue weighted by Gasteiger charge is 2.38. The fourth-order valence-electron chi connectivity index (χ4n) is 1.52. The first kappa shape index (κ1) is 13.4. The summed E-state index contributed by atoms with van der Waals surface area (Å²) < 4.78 is 1.85. The molecule has 0 aliphatic rings. The number of nitrogens with two attached hydrogens (primary N) is 1. The predicted octanol–water partition coefficient (Wildman–Crippen LogP) is 2.32. The van der Waals surface area contributed by atoms with Crippen LogP contribution in [0.15, 0.2) is 0 Å². The van der Waals surface area contributed by atoms with Crippen LogP contribution in [0.4, 0.5) is 0 Å². The Morgan fingerprint density at radius 3 is 2.28 bits per heavy atom. The summed E-state index contributed by atoms with van der Waals surface area (Å²) in [5.74, 6) is 1.21. The van der Waals surface area contributed by atoms with Gasteiger partial charge in [0.1, 0.15) is 5.01 Å². The Morgan fingerprint density at radius 2 is 1.78 bits per heavy atom. The molecule has 2 heterocycles. The van der Waals surface area contributed by atoms with Crippen molar-refractivity contribution < 1.29 is 0 Å². The summed E-state index contributed by atoms with van der Waals surface area (Å²) >= 11 is 1.57. The van der Waals surface area contributed by atoms with Crippen LogP contribution in [-0.2, 0) is 5.41 Å². The third-order valence-electron chi connectivity index (χ3n) is 3.68. The molecular formula is C12H21N5S. The van der Waals surface area contributed by atoms with E-state index in [0.717, 1.165) is 15.8 Å². The van der Waals surface area contributed by atoms with Crippen LogP contribution in [0.2, 0.25) is 0 Å². The Kier molecular flexibility index (Phi) is 2.98. The van der Waals surface area contributed by atoms with Gasteiger partial charge in [-0.3, -0.25) is 0 Å². The van der Waals surface area contributed by atoms with Crippen molar-refractivity contribution in [2.24, 2.45) is 5.73 Å². The topological polar surface area (TPSA) is 69.1 Å². The van der Waals surface area contributed by atoms with Crippen LogP contribution in [0, 0.1) is 0 Å². The van der Waals surface area contributed by atoms with Gasteiger partial charge in [-0.25, -0.2) is 0 Å². The van der Waals surface area contributed by atoms with Crippen LogP contribution in [0.5, 0.6) is 0 Å². The molecule has 0 spiro atoms. The van der Waals surface area contributed by atoms with Crippen LogP contribution < -0.4 is 5.73 Å². The van der Waals surface area contributed by atoms with Gasteiger partial charge in [0.05, 0.1) is 0 Å². The first-order valence-corrected chi connectivity index (χ1v) is 6.97. The summed E-state index contributed by atoms with van der Waals surface area (Å²) in [5, 5.41) is 14.0. The van der Waals surface area contributed by atoms with Crippen LogP contribution >= 0.6 is 11.3 Å². The van der Waals surface area contributed by atoms with Gasteiger partial charge in [0.15, 0.2) is 5.82 Å². The van der Waals surface area contributed by atoms with Crippen molar-refractivity contribution in [2.45, 2.75) is 58.4 Å². The van der Waals surface area contributed by atoms with Crippen molar-refractivity contribution >= 4 is 16.3 Å². The Hall–Kier alpha value is -1.01. The number of nitrogens with zero attached hydrogens (tertiary/aromatic N) is 4. The highest BCUT2D eigenvalue weighted by molar-refractivity contribution is 7.16. The van der Waals surface area contributed by atoms with Crippen LogP contribution in [0.25, 0.3) is 4.96 Å². The number of rotatable bonds is 3. The van der Waals surface area contributed by atoms with Gasteiger partial charge in [-0.1, -0.05) is 39.0 Å². The minimum atomic E-state index is -0.339. The quantitative estimate of drug-likeness (QED) is 0.926. The van der Waals surface area contributed by atoms with E-state index < -0.39 is 0 Å². The maximum Gasteiger partial charge on any atom is 0.234 e. The number of hydrogen-bond acceptors (Lipinski definition) is 5. The van der Waals surface area contributed by atoms with E-state index in [1.165, 1.54) is 0 Å². The third-order valence-corrected chi connectivity index (χ3v) is 4.90. The van der Waals surface area contributed by atoms with E-state index in [2.05, 4.69) is 43.0 Å². The molecule has 2 aromatic rings. The molecule has 6 heteroatoms. The smallest absolute Gasteiger partial charge is 0.234 e. The molecule has 0 amide bonds. The molecule has 2 N–H and O–H groups in total. The van der Waals surface area contributed by atoms with E-state index in [1.54, 1.807) is 11.3 Å². The van der Waals surface area contributed by atoms with Crippen LogP contribution in [-0.4, -0.2) is 25.4 Å². The van der Waals surface area contributed by atoms with Crippen molar-refractivity contribution in [2.75, 3.05) is 0 Å². The molecule has 2 rings (SSSR count). The van der Waals surface area contributed by atoms with Gasteiger partial charge in [0, 0.05) is 16.9 Å². The third kappa shape index (κ3) is 1.93. The molecule has 0 atom stereocenters. The second-order valence-corrected chi connectivity index (χ2v) is 7.12. The summed E-state index contributed by atoms with van der Waals surface area (Å²) in [6, 6.07) is 0. The normalized spacial score (nSPS) is 13.8. The van der Waals surface area contributed by atoms with E-state index in [1.807, 2.05) is 18.4 Å². The molecule has 0 unspecified atom stereocenters. The van der Waals surface area contributed by atoms with E-state index in [4.69, 9.17) is 5.73 Å². The molecule has 0 bridgehead atoms. The van der Waals surface area contributed by atoms with E-state index in [9.17, 15) is 0 Å². The first-order chi connectivity index (χ1) is 8.14. The van der Waals surface area contributed by atoms with Gasteiger partial charge >= 0.3 is 0 Å². The monoisotopic (exact) mass is 267 g/mol. The molecule has 0 aliphatic carbocycles. The summed E-state index contributed by atoms with van der Waals surface area (Å²) in [6.07, 6.45) is 0. The lowest BCUT2D eigenvalue weighted by molar-refractivity contribution is 0.303. The summed E-state index contributed by atoms with van der Waals surface area (Å²) in [4.78, 5) is 0.839. The summed E-state index contributed by atoms with van der Waals surface area (Å²) in [7, 11) is 0. The molecule has 0 saturated heterocycles. The second-order valence-electron chi connectivity index (χ2n) is 6.16. The van der Waals surface area contributed by atoms with Gasteiger partial charge in [0.25, 0.3) is 0 Å².